The molecule has 0 saturated carbocycles. The van der Waals surface area contributed by atoms with E-state index in [1.165, 1.54) is 22.9 Å². The van der Waals surface area contributed by atoms with E-state index in [-0.39, 0.29) is 0 Å². The first-order valence-electron chi connectivity index (χ1n) is 9.76. The largest absolute Gasteiger partial charge is 0.361 e. The van der Waals surface area contributed by atoms with Crippen LogP contribution in [0.4, 0.5) is 0 Å². The number of benzene rings is 1. The Hall–Kier alpha value is -2.99. The van der Waals surface area contributed by atoms with E-state index >= 15 is 0 Å². The summed E-state index contributed by atoms with van der Waals surface area (Å²) in [7, 11) is 0. The van der Waals surface area contributed by atoms with Crippen LogP contribution in [0.1, 0.15) is 41.6 Å². The molecule has 6 heteroatoms. The molecule has 1 fully saturated rings. The van der Waals surface area contributed by atoms with Crippen molar-refractivity contribution in [1.29, 1.82) is 0 Å². The van der Waals surface area contributed by atoms with Crippen molar-refractivity contribution in [1.82, 2.24) is 25.0 Å². The molecule has 3 aromatic heterocycles. The Labute approximate surface area is 163 Å². The lowest BCUT2D eigenvalue weighted by Crippen LogP contribution is -2.23. The molecule has 1 aliphatic heterocycles. The molecular weight excluding hydrogens is 350 g/mol. The lowest BCUT2D eigenvalue weighted by molar-refractivity contribution is 0.245. The highest BCUT2D eigenvalue weighted by molar-refractivity contribution is 5.82. The highest BCUT2D eigenvalue weighted by atomic mass is 16.5. The first kappa shape index (κ1) is 17.1. The van der Waals surface area contributed by atoms with Crippen LogP contribution in [0.5, 0.6) is 0 Å². The summed E-state index contributed by atoms with van der Waals surface area (Å²) in [6, 6.07) is 11.0. The molecule has 4 heterocycles. The molecule has 1 saturated heterocycles. The minimum absolute atomic E-state index is 0.302. The Morgan fingerprint density at radius 1 is 1.21 bits per heavy atom. The van der Waals surface area contributed by atoms with Crippen molar-refractivity contribution in [2.75, 3.05) is 6.54 Å². The third-order valence-electron chi connectivity index (χ3n) is 5.70. The van der Waals surface area contributed by atoms with E-state index < -0.39 is 0 Å². The third-order valence-corrected chi connectivity index (χ3v) is 5.70. The molecule has 6 nitrogen and oxygen atoms in total. The van der Waals surface area contributed by atoms with Crippen molar-refractivity contribution in [3.05, 3.63) is 65.4 Å². The van der Waals surface area contributed by atoms with Crippen molar-refractivity contribution in [3.8, 4) is 11.4 Å². The molecule has 0 radical (unpaired) electrons. The second-order valence-corrected chi connectivity index (χ2v) is 7.49. The molecule has 0 unspecified atom stereocenters. The second kappa shape index (κ2) is 6.87. The minimum atomic E-state index is 0.302. The highest BCUT2D eigenvalue weighted by Gasteiger charge is 2.28. The van der Waals surface area contributed by atoms with Crippen molar-refractivity contribution in [2.45, 2.75) is 39.3 Å². The van der Waals surface area contributed by atoms with Crippen LogP contribution in [-0.2, 0) is 6.54 Å². The van der Waals surface area contributed by atoms with Crippen LogP contribution in [0.15, 0.2) is 47.2 Å². The number of aryl methyl sites for hydroxylation is 2. The van der Waals surface area contributed by atoms with E-state index in [0.717, 1.165) is 42.2 Å². The van der Waals surface area contributed by atoms with E-state index in [4.69, 9.17) is 9.51 Å². The first-order valence-corrected chi connectivity index (χ1v) is 9.76. The maximum absolute atomic E-state index is 5.31. The number of H-pyrrole nitrogens is 1. The lowest BCUT2D eigenvalue weighted by Gasteiger charge is -2.24. The quantitative estimate of drug-likeness (QED) is 0.567. The average Bonchev–Trinajstić information content (AvgIpc) is 3.43. The number of aromatic nitrogens is 4. The smallest absolute Gasteiger partial charge is 0.164 e. The van der Waals surface area contributed by atoms with Gasteiger partial charge in [0.05, 0.1) is 23.0 Å². The van der Waals surface area contributed by atoms with Crippen molar-refractivity contribution in [2.24, 2.45) is 0 Å². The summed E-state index contributed by atoms with van der Waals surface area (Å²) in [5, 5.41) is 5.34. The van der Waals surface area contributed by atoms with Gasteiger partial charge in [0.15, 0.2) is 5.82 Å². The Balaban J connectivity index is 1.46. The van der Waals surface area contributed by atoms with Crippen LogP contribution in [0.2, 0.25) is 0 Å². The van der Waals surface area contributed by atoms with Crippen molar-refractivity contribution < 1.29 is 4.52 Å². The molecule has 142 valence electrons. The molecule has 0 bridgehead atoms. The van der Waals surface area contributed by atoms with Crippen LogP contribution < -0.4 is 0 Å². The number of fused-ring (bicyclic) bond motifs is 1. The van der Waals surface area contributed by atoms with Gasteiger partial charge in [0.25, 0.3) is 0 Å². The first-order chi connectivity index (χ1) is 13.7. The Morgan fingerprint density at radius 3 is 3.00 bits per heavy atom. The third kappa shape index (κ3) is 2.90. The standard InChI is InChI=1S/C22H23N5O/c1-14-21(15(2)28-26-14)22-24-11-9-19(25-22)20-7-4-12-27(20)13-16-5-3-6-18-17(16)8-10-23-18/h3,5-6,8-11,20,23H,4,7,12-13H2,1-2H3/t20-/m1/s1. The van der Waals surface area contributed by atoms with Gasteiger partial charge in [0, 0.05) is 29.8 Å². The van der Waals surface area contributed by atoms with Gasteiger partial charge in [-0.2, -0.15) is 0 Å². The molecule has 5 rings (SSSR count). The van der Waals surface area contributed by atoms with Crippen LogP contribution in [0.25, 0.3) is 22.3 Å². The molecule has 1 N–H and O–H groups in total. The molecule has 4 aromatic rings. The van der Waals surface area contributed by atoms with E-state index in [1.54, 1.807) is 0 Å². The summed E-state index contributed by atoms with van der Waals surface area (Å²) in [5.74, 6) is 1.46. The number of hydrogen-bond donors (Lipinski definition) is 1. The fourth-order valence-corrected chi connectivity index (χ4v) is 4.34. The molecule has 0 aliphatic carbocycles. The van der Waals surface area contributed by atoms with E-state index in [0.29, 0.717) is 11.9 Å². The fraction of sp³-hybridized carbons (Fsp3) is 0.318. The number of hydrogen-bond acceptors (Lipinski definition) is 5. The Kier molecular flexibility index (Phi) is 4.20. The van der Waals surface area contributed by atoms with Gasteiger partial charge in [0.1, 0.15) is 5.76 Å². The summed E-state index contributed by atoms with van der Waals surface area (Å²) in [5.41, 5.74) is 5.35. The summed E-state index contributed by atoms with van der Waals surface area (Å²) < 4.78 is 5.31. The number of nitrogens with one attached hydrogen (secondary N) is 1. The number of likely N-dealkylation sites (tertiary alicyclic amines) is 1. The molecular formula is C22H23N5O. The Bertz CT molecular complexity index is 1110. The summed E-state index contributed by atoms with van der Waals surface area (Å²) in [6.07, 6.45) is 6.16. The van der Waals surface area contributed by atoms with E-state index in [1.807, 2.05) is 32.3 Å². The van der Waals surface area contributed by atoms with Gasteiger partial charge in [-0.15, -0.1) is 0 Å². The molecule has 1 atom stereocenters. The average molecular weight is 373 g/mol. The Morgan fingerprint density at radius 2 is 2.14 bits per heavy atom. The molecule has 1 aliphatic rings. The van der Waals surface area contributed by atoms with Gasteiger partial charge in [0.2, 0.25) is 0 Å². The predicted octanol–water partition coefficient (Wildman–Crippen LogP) is 4.57. The normalized spacial score (nSPS) is 17.6. The van der Waals surface area contributed by atoms with Gasteiger partial charge < -0.3 is 9.51 Å². The lowest BCUT2D eigenvalue weighted by atomic mass is 10.1. The van der Waals surface area contributed by atoms with Gasteiger partial charge in [-0.25, -0.2) is 9.97 Å². The van der Waals surface area contributed by atoms with Gasteiger partial charge in [-0.3, -0.25) is 4.90 Å². The number of rotatable bonds is 4. The number of aromatic amines is 1. The van der Waals surface area contributed by atoms with E-state index in [2.05, 4.69) is 44.3 Å². The summed E-state index contributed by atoms with van der Waals surface area (Å²) in [6.45, 7) is 5.84. The van der Waals surface area contributed by atoms with Gasteiger partial charge in [-0.05, 0) is 57.0 Å². The topological polar surface area (TPSA) is 70.8 Å². The van der Waals surface area contributed by atoms with E-state index in [9.17, 15) is 0 Å². The SMILES string of the molecule is Cc1noc(C)c1-c1nccc([C@H]2CCCN2Cc2cccc3[nH]ccc23)n1. The predicted molar refractivity (Wildman–Crippen MR) is 108 cm³/mol. The van der Waals surface area contributed by atoms with Crippen LogP contribution in [0, 0.1) is 13.8 Å². The molecule has 0 amide bonds. The maximum Gasteiger partial charge on any atom is 0.164 e. The minimum Gasteiger partial charge on any atom is -0.361 e. The second-order valence-electron chi connectivity index (χ2n) is 7.49. The highest BCUT2D eigenvalue weighted by Crippen LogP contribution is 2.34. The van der Waals surface area contributed by atoms with Crippen molar-refractivity contribution in [3.63, 3.8) is 0 Å². The van der Waals surface area contributed by atoms with Crippen LogP contribution >= 0.6 is 0 Å². The summed E-state index contributed by atoms with van der Waals surface area (Å²) in [4.78, 5) is 15.2. The number of nitrogens with zero attached hydrogens (tertiary/aromatic N) is 4. The van der Waals surface area contributed by atoms with Gasteiger partial charge >= 0.3 is 0 Å². The summed E-state index contributed by atoms with van der Waals surface area (Å²) >= 11 is 0. The zero-order valence-electron chi connectivity index (χ0n) is 16.1. The van der Waals surface area contributed by atoms with Crippen molar-refractivity contribution >= 4 is 10.9 Å². The molecule has 0 spiro atoms. The zero-order valence-corrected chi connectivity index (χ0v) is 16.1. The van der Waals surface area contributed by atoms with Gasteiger partial charge in [-0.1, -0.05) is 17.3 Å². The monoisotopic (exact) mass is 373 g/mol. The maximum atomic E-state index is 5.31. The fourth-order valence-electron chi connectivity index (χ4n) is 4.34. The van der Waals surface area contributed by atoms with Crippen LogP contribution in [0.3, 0.4) is 0 Å². The molecule has 28 heavy (non-hydrogen) atoms. The van der Waals surface area contributed by atoms with Crippen LogP contribution in [-0.4, -0.2) is 31.6 Å². The molecule has 1 aromatic carbocycles. The zero-order chi connectivity index (χ0) is 19.1.